The molecular weight excluding hydrogens is 469 g/mol. The smallest absolute Gasteiger partial charge is 0.394 e. The van der Waals surface area contributed by atoms with Gasteiger partial charge < -0.3 is 14.6 Å². The second kappa shape index (κ2) is 9.98. The monoisotopic (exact) mass is 490 g/mol. The molecule has 1 N–H and O–H groups in total. The first kappa shape index (κ1) is 24.6. The maximum atomic E-state index is 13.7. The summed E-state index contributed by atoms with van der Waals surface area (Å²) in [6, 6.07) is 16.1. The van der Waals surface area contributed by atoms with Crippen LogP contribution in [0.4, 0.5) is 13.2 Å². The first-order valence-corrected chi connectivity index (χ1v) is 10.7. The van der Waals surface area contributed by atoms with E-state index in [4.69, 9.17) is 9.47 Å². The molecule has 2 aromatic carbocycles. The van der Waals surface area contributed by atoms with Crippen molar-refractivity contribution in [3.8, 4) is 0 Å². The third-order valence-corrected chi connectivity index (χ3v) is 5.62. The Morgan fingerprint density at radius 3 is 2.29 bits per heavy atom. The third kappa shape index (κ3) is 5.11. The number of aliphatic hydroxyl groups excluding tert-OH is 1. The molecule has 1 fully saturated rings. The molecule has 1 aliphatic rings. The highest BCUT2D eigenvalue weighted by Crippen LogP contribution is 2.32. The number of rotatable bonds is 6. The SMILES string of the molecule is O=C(c1ccccc1)n1c(=O)c(C(F)(F)F)cn([C@@H]2CC(OCc3ccccc3)[C@H](CO)O2)c1=O. The Labute approximate surface area is 196 Å². The van der Waals surface area contributed by atoms with Crippen molar-refractivity contribution >= 4 is 5.91 Å². The zero-order chi connectivity index (χ0) is 25.2. The van der Waals surface area contributed by atoms with E-state index >= 15 is 0 Å². The van der Waals surface area contributed by atoms with Crippen LogP contribution >= 0.6 is 0 Å². The zero-order valence-electron chi connectivity index (χ0n) is 18.2. The molecule has 0 saturated carbocycles. The number of hydrogen-bond acceptors (Lipinski definition) is 6. The molecule has 2 heterocycles. The van der Waals surface area contributed by atoms with Crippen LogP contribution in [0.5, 0.6) is 0 Å². The number of halogens is 3. The normalized spacial score (nSPS) is 20.2. The lowest BCUT2D eigenvalue weighted by Crippen LogP contribution is -2.47. The fraction of sp³-hybridized carbons (Fsp3) is 0.292. The summed E-state index contributed by atoms with van der Waals surface area (Å²) in [5.74, 6) is -1.20. The van der Waals surface area contributed by atoms with Crippen LogP contribution in [0.25, 0.3) is 0 Å². The van der Waals surface area contributed by atoms with Gasteiger partial charge in [-0.05, 0) is 17.7 Å². The van der Waals surface area contributed by atoms with E-state index in [-0.39, 0.29) is 23.2 Å². The fourth-order valence-electron chi connectivity index (χ4n) is 3.85. The van der Waals surface area contributed by atoms with Crippen LogP contribution in [0, 0.1) is 0 Å². The maximum Gasteiger partial charge on any atom is 0.423 e. The van der Waals surface area contributed by atoms with Crippen LogP contribution in [0.2, 0.25) is 0 Å². The van der Waals surface area contributed by atoms with Gasteiger partial charge in [-0.25, -0.2) is 4.79 Å². The highest BCUT2D eigenvalue weighted by atomic mass is 19.4. The number of aliphatic hydroxyl groups is 1. The van der Waals surface area contributed by atoms with E-state index < -0.39 is 53.9 Å². The molecule has 1 unspecified atom stereocenters. The largest absolute Gasteiger partial charge is 0.423 e. The first-order valence-electron chi connectivity index (χ1n) is 10.7. The van der Waals surface area contributed by atoms with Crippen molar-refractivity contribution in [1.82, 2.24) is 9.13 Å². The molecule has 0 bridgehead atoms. The molecule has 0 radical (unpaired) electrons. The number of nitrogens with zero attached hydrogens (tertiary/aromatic N) is 2. The number of carbonyl (C=O) groups is 1. The lowest BCUT2D eigenvalue weighted by molar-refractivity contribution is -0.139. The Kier molecular flexibility index (Phi) is 7.01. The molecule has 4 rings (SSSR count). The fourth-order valence-corrected chi connectivity index (χ4v) is 3.85. The second-order valence-corrected chi connectivity index (χ2v) is 7.92. The molecule has 8 nitrogen and oxygen atoms in total. The van der Waals surface area contributed by atoms with E-state index in [1.54, 1.807) is 18.2 Å². The predicted molar refractivity (Wildman–Crippen MR) is 117 cm³/mol. The topological polar surface area (TPSA) is 99.8 Å². The summed E-state index contributed by atoms with van der Waals surface area (Å²) in [6.07, 6.45) is -7.88. The van der Waals surface area contributed by atoms with E-state index in [1.165, 1.54) is 24.3 Å². The highest BCUT2D eigenvalue weighted by Gasteiger charge is 2.41. The Morgan fingerprint density at radius 1 is 1.06 bits per heavy atom. The minimum Gasteiger partial charge on any atom is -0.394 e. The summed E-state index contributed by atoms with van der Waals surface area (Å²) in [4.78, 5) is 38.5. The van der Waals surface area contributed by atoms with Gasteiger partial charge in [-0.2, -0.15) is 17.7 Å². The van der Waals surface area contributed by atoms with Crippen LogP contribution in [-0.4, -0.2) is 39.0 Å². The molecule has 3 atom stereocenters. The third-order valence-electron chi connectivity index (χ3n) is 5.62. The van der Waals surface area contributed by atoms with Gasteiger partial charge in [0.2, 0.25) is 0 Å². The van der Waals surface area contributed by atoms with Crippen LogP contribution in [-0.2, 0) is 22.3 Å². The van der Waals surface area contributed by atoms with Crippen molar-refractivity contribution in [1.29, 1.82) is 0 Å². The van der Waals surface area contributed by atoms with Crippen LogP contribution in [0.1, 0.15) is 34.1 Å². The van der Waals surface area contributed by atoms with Crippen molar-refractivity contribution in [3.05, 3.63) is 104 Å². The quantitative estimate of drug-likeness (QED) is 0.570. The summed E-state index contributed by atoms with van der Waals surface area (Å²) in [7, 11) is 0. The van der Waals surface area contributed by atoms with Gasteiger partial charge in [0.05, 0.1) is 19.3 Å². The molecule has 0 spiro atoms. The Bertz CT molecular complexity index is 1300. The minimum absolute atomic E-state index is 0.0480. The number of aromatic nitrogens is 2. The number of ether oxygens (including phenoxy) is 2. The van der Waals surface area contributed by atoms with Gasteiger partial charge in [-0.1, -0.05) is 48.5 Å². The summed E-state index contributed by atoms with van der Waals surface area (Å²) in [6.45, 7) is -0.369. The number of carbonyl (C=O) groups excluding carboxylic acids is 1. The maximum absolute atomic E-state index is 13.7. The molecule has 0 aliphatic carbocycles. The number of benzene rings is 2. The Hall–Kier alpha value is -3.54. The van der Waals surface area contributed by atoms with Crippen molar-refractivity contribution in [2.24, 2.45) is 0 Å². The summed E-state index contributed by atoms with van der Waals surface area (Å²) in [5.41, 5.74) is -4.07. The van der Waals surface area contributed by atoms with E-state index in [2.05, 4.69) is 0 Å². The zero-order valence-corrected chi connectivity index (χ0v) is 18.2. The number of alkyl halides is 3. The lowest BCUT2D eigenvalue weighted by atomic mass is 10.1. The first-order chi connectivity index (χ1) is 16.7. The predicted octanol–water partition coefficient (Wildman–Crippen LogP) is 2.58. The Morgan fingerprint density at radius 2 is 1.69 bits per heavy atom. The highest BCUT2D eigenvalue weighted by molar-refractivity contribution is 5.95. The molecule has 11 heteroatoms. The molecule has 3 aromatic rings. The van der Waals surface area contributed by atoms with Crippen molar-refractivity contribution in [3.63, 3.8) is 0 Å². The van der Waals surface area contributed by atoms with Gasteiger partial charge in [0.25, 0.3) is 11.5 Å². The minimum atomic E-state index is -5.14. The summed E-state index contributed by atoms with van der Waals surface area (Å²) >= 11 is 0. The van der Waals surface area contributed by atoms with Gasteiger partial charge in [-0.3, -0.25) is 14.2 Å². The molecule has 184 valence electrons. The van der Waals surface area contributed by atoms with Gasteiger partial charge >= 0.3 is 11.9 Å². The van der Waals surface area contributed by atoms with E-state index in [1.807, 2.05) is 18.2 Å². The summed E-state index contributed by atoms with van der Waals surface area (Å²) in [5, 5.41) is 9.71. The van der Waals surface area contributed by atoms with Crippen LogP contribution < -0.4 is 11.2 Å². The molecule has 1 aromatic heterocycles. The second-order valence-electron chi connectivity index (χ2n) is 7.92. The van der Waals surface area contributed by atoms with E-state index in [0.29, 0.717) is 10.8 Å². The van der Waals surface area contributed by atoms with Crippen LogP contribution in [0.3, 0.4) is 0 Å². The molecule has 35 heavy (non-hydrogen) atoms. The summed E-state index contributed by atoms with van der Waals surface area (Å²) < 4.78 is 52.9. The average Bonchev–Trinajstić information content (AvgIpc) is 3.26. The number of hydrogen-bond donors (Lipinski definition) is 1. The van der Waals surface area contributed by atoms with E-state index in [9.17, 15) is 32.7 Å². The lowest BCUT2D eigenvalue weighted by Gasteiger charge is -2.18. The molecule has 1 aliphatic heterocycles. The van der Waals surface area contributed by atoms with Gasteiger partial charge in [0, 0.05) is 18.2 Å². The molecular formula is C24H21F3N2O6. The van der Waals surface area contributed by atoms with Crippen molar-refractivity contribution in [2.75, 3.05) is 6.61 Å². The molecule has 1 saturated heterocycles. The van der Waals surface area contributed by atoms with Gasteiger partial charge in [-0.15, -0.1) is 0 Å². The van der Waals surface area contributed by atoms with Gasteiger partial charge in [0.15, 0.2) is 0 Å². The molecule has 0 amide bonds. The standard InChI is InChI=1S/C24H21F3N2O6/c25-24(26,27)17-12-28(23(33)29(22(17)32)21(31)16-9-5-2-6-10-16)20-11-18(19(13-30)35-20)34-14-15-7-3-1-4-8-15/h1-10,12,18-20,30H,11,13-14H2/t18?,19-,20-/m0/s1. The van der Waals surface area contributed by atoms with Crippen LogP contribution in [0.15, 0.2) is 76.4 Å². The van der Waals surface area contributed by atoms with E-state index in [0.717, 1.165) is 5.56 Å². The average molecular weight is 490 g/mol. The Balaban J connectivity index is 1.71. The van der Waals surface area contributed by atoms with Gasteiger partial charge in [0.1, 0.15) is 17.9 Å². The van der Waals surface area contributed by atoms with Crippen molar-refractivity contribution < 1.29 is 32.5 Å². The van der Waals surface area contributed by atoms with Crippen molar-refractivity contribution in [2.45, 2.75) is 37.6 Å².